The molecule has 11 rings (SSSR count). The highest BCUT2D eigenvalue weighted by Crippen LogP contribution is 2.57. The summed E-state index contributed by atoms with van der Waals surface area (Å²) < 4.78 is 7.28. The largest absolute Gasteiger partial charge is 0.455 e. The number of hydrogen-bond acceptors (Lipinski definition) is 1. The van der Waals surface area contributed by atoms with Gasteiger partial charge in [0, 0.05) is 27.8 Å². The van der Waals surface area contributed by atoms with Crippen LogP contribution in [0.15, 0.2) is 200 Å². The van der Waals surface area contributed by atoms with Crippen LogP contribution in [0.3, 0.4) is 0 Å². The van der Waals surface area contributed by atoms with Gasteiger partial charge in [-0.3, -0.25) is 0 Å². The lowest BCUT2D eigenvalue weighted by molar-refractivity contribution is 0.467. The fraction of sp³-hybridized carbons (Fsp3) is 0.0189. The fourth-order valence-electron chi connectivity index (χ4n) is 8.96. The van der Waals surface area contributed by atoms with Gasteiger partial charge in [-0.25, -0.2) is 0 Å². The topological polar surface area (TPSA) is 9.23 Å². The Labute approximate surface area is 314 Å². The molecule has 0 saturated carbocycles. The van der Waals surface area contributed by atoms with E-state index in [9.17, 15) is 0 Å². The van der Waals surface area contributed by atoms with Crippen LogP contribution in [0.2, 0.25) is 0 Å². The maximum atomic E-state index is 7.28. The SMILES string of the molecule is c1ccc(-c2ccc(-c3ccc(C4c5c(c6ccccc6c6ccccc56)Oc5c4c4ccccc4c4ccccc54)cc3)c(-c3ccccc3)c2)cc1. The van der Waals surface area contributed by atoms with Crippen LogP contribution in [-0.2, 0) is 0 Å². The van der Waals surface area contributed by atoms with Gasteiger partial charge in [0.25, 0.3) is 0 Å². The predicted molar refractivity (Wildman–Crippen MR) is 227 cm³/mol. The third kappa shape index (κ3) is 4.72. The molecule has 0 bridgehead atoms. The van der Waals surface area contributed by atoms with E-state index in [0.717, 1.165) is 22.3 Å². The van der Waals surface area contributed by atoms with Crippen molar-refractivity contribution in [3.8, 4) is 44.9 Å². The van der Waals surface area contributed by atoms with E-state index in [-0.39, 0.29) is 5.92 Å². The third-order valence-electron chi connectivity index (χ3n) is 11.4. The summed E-state index contributed by atoms with van der Waals surface area (Å²) in [6.45, 7) is 0. The fourth-order valence-corrected chi connectivity index (χ4v) is 8.96. The minimum Gasteiger partial charge on any atom is -0.455 e. The van der Waals surface area contributed by atoms with Gasteiger partial charge in [-0.1, -0.05) is 194 Å². The second-order valence-corrected chi connectivity index (χ2v) is 14.3. The second-order valence-electron chi connectivity index (χ2n) is 14.3. The van der Waals surface area contributed by atoms with E-state index in [1.807, 2.05) is 0 Å². The van der Waals surface area contributed by atoms with Gasteiger partial charge in [0.2, 0.25) is 0 Å². The van der Waals surface area contributed by atoms with Crippen molar-refractivity contribution in [1.29, 1.82) is 0 Å². The summed E-state index contributed by atoms with van der Waals surface area (Å²) in [6.07, 6.45) is 0. The molecule has 0 saturated heterocycles. The van der Waals surface area contributed by atoms with E-state index in [0.29, 0.717) is 0 Å². The number of benzene rings is 10. The number of fused-ring (bicyclic) bond motifs is 12. The standard InChI is InChI=1S/C53H34O/c1-3-15-34(16-4-1)38-31-32-39(48(33-38)35-17-5-2-6-18-35)36-27-29-37(30-28-36)49-50-44-23-11-7-19-40(44)42-21-9-13-25-46(42)52(50)54-53-47-26-14-10-22-43(47)41-20-8-12-24-45(41)51(49)53/h1-33,49H. The Bertz CT molecular complexity index is 2930. The van der Waals surface area contributed by atoms with E-state index in [1.54, 1.807) is 0 Å². The molecule has 1 aliphatic rings. The first-order valence-corrected chi connectivity index (χ1v) is 18.7. The molecule has 0 fully saturated rings. The molecule has 1 nitrogen and oxygen atoms in total. The highest BCUT2D eigenvalue weighted by molar-refractivity contribution is 6.17. The van der Waals surface area contributed by atoms with E-state index in [1.165, 1.54) is 82.4 Å². The second kappa shape index (κ2) is 12.3. The zero-order valence-electron chi connectivity index (χ0n) is 29.5. The van der Waals surface area contributed by atoms with Crippen molar-refractivity contribution in [1.82, 2.24) is 0 Å². The molecule has 0 unspecified atom stereocenters. The van der Waals surface area contributed by atoms with Crippen molar-refractivity contribution in [2.45, 2.75) is 5.92 Å². The van der Waals surface area contributed by atoms with Gasteiger partial charge in [-0.15, -0.1) is 0 Å². The van der Waals surface area contributed by atoms with Gasteiger partial charge in [-0.05, 0) is 77.3 Å². The van der Waals surface area contributed by atoms with Crippen molar-refractivity contribution < 1.29 is 4.74 Å². The molecule has 1 heterocycles. The summed E-state index contributed by atoms with van der Waals surface area (Å²) in [5.74, 6) is 1.85. The molecule has 54 heavy (non-hydrogen) atoms. The lowest BCUT2D eigenvalue weighted by Crippen LogP contribution is -2.14. The average Bonchev–Trinajstić information content (AvgIpc) is 3.26. The van der Waals surface area contributed by atoms with Crippen LogP contribution in [0, 0.1) is 0 Å². The van der Waals surface area contributed by atoms with Crippen LogP contribution < -0.4 is 4.74 Å². The molecular weight excluding hydrogens is 653 g/mol. The molecule has 0 aliphatic carbocycles. The molecule has 252 valence electrons. The molecule has 1 heteroatoms. The summed E-state index contributed by atoms with van der Waals surface area (Å²) in [6, 6.07) is 72.8. The van der Waals surface area contributed by atoms with E-state index in [2.05, 4.69) is 200 Å². The smallest absolute Gasteiger partial charge is 0.140 e. The van der Waals surface area contributed by atoms with Crippen LogP contribution in [0.1, 0.15) is 22.6 Å². The van der Waals surface area contributed by atoms with E-state index >= 15 is 0 Å². The molecule has 0 spiro atoms. The summed E-state index contributed by atoms with van der Waals surface area (Å²) in [5.41, 5.74) is 11.0. The molecule has 0 N–H and O–H groups in total. The molecule has 1 aliphatic heterocycles. The Morgan fingerprint density at radius 3 is 1.19 bits per heavy atom. The summed E-state index contributed by atoms with van der Waals surface area (Å²) >= 11 is 0. The van der Waals surface area contributed by atoms with Gasteiger partial charge in [0.1, 0.15) is 11.5 Å². The van der Waals surface area contributed by atoms with Crippen LogP contribution in [0.4, 0.5) is 0 Å². The molecular formula is C53H34O. The molecule has 10 aromatic carbocycles. The average molecular weight is 687 g/mol. The van der Waals surface area contributed by atoms with Crippen molar-refractivity contribution in [3.63, 3.8) is 0 Å². The Morgan fingerprint density at radius 2 is 0.667 bits per heavy atom. The highest BCUT2D eigenvalue weighted by Gasteiger charge is 2.35. The van der Waals surface area contributed by atoms with E-state index in [4.69, 9.17) is 4.74 Å². The number of rotatable bonds is 4. The Balaban J connectivity index is 1.17. The number of hydrogen-bond donors (Lipinski definition) is 0. The lowest BCUT2D eigenvalue weighted by atomic mass is 9.76. The van der Waals surface area contributed by atoms with Crippen molar-refractivity contribution in [3.05, 3.63) is 217 Å². The lowest BCUT2D eigenvalue weighted by Gasteiger charge is -2.33. The maximum absolute atomic E-state index is 7.28. The molecule has 0 radical (unpaired) electrons. The first-order chi connectivity index (χ1) is 26.8. The quantitative estimate of drug-likeness (QED) is 0.167. The van der Waals surface area contributed by atoms with Crippen molar-refractivity contribution >= 4 is 43.1 Å². The van der Waals surface area contributed by atoms with Crippen LogP contribution >= 0.6 is 0 Å². The summed E-state index contributed by atoms with van der Waals surface area (Å²) in [4.78, 5) is 0. The highest BCUT2D eigenvalue weighted by atomic mass is 16.5. The monoisotopic (exact) mass is 686 g/mol. The maximum Gasteiger partial charge on any atom is 0.140 e. The Kier molecular flexibility index (Phi) is 7.00. The zero-order valence-corrected chi connectivity index (χ0v) is 29.5. The molecule has 0 amide bonds. The Hall–Kier alpha value is -6.96. The molecule has 10 aromatic rings. The van der Waals surface area contributed by atoms with Crippen molar-refractivity contribution in [2.75, 3.05) is 0 Å². The van der Waals surface area contributed by atoms with Gasteiger partial charge in [0.05, 0.1) is 0 Å². The van der Waals surface area contributed by atoms with Gasteiger partial charge in [0.15, 0.2) is 0 Å². The summed E-state index contributed by atoms with van der Waals surface area (Å²) in [5, 5.41) is 9.65. The zero-order chi connectivity index (χ0) is 35.6. The van der Waals surface area contributed by atoms with Gasteiger partial charge in [-0.2, -0.15) is 0 Å². The Morgan fingerprint density at radius 1 is 0.278 bits per heavy atom. The first kappa shape index (κ1) is 30.6. The minimum absolute atomic E-state index is 0.0594. The van der Waals surface area contributed by atoms with E-state index < -0.39 is 0 Å². The van der Waals surface area contributed by atoms with Gasteiger partial charge < -0.3 is 4.74 Å². The van der Waals surface area contributed by atoms with Crippen LogP contribution in [-0.4, -0.2) is 0 Å². The first-order valence-electron chi connectivity index (χ1n) is 18.7. The predicted octanol–water partition coefficient (Wildman–Crippen LogP) is 14.6. The summed E-state index contributed by atoms with van der Waals surface area (Å²) in [7, 11) is 0. The van der Waals surface area contributed by atoms with Gasteiger partial charge >= 0.3 is 0 Å². The molecule has 0 atom stereocenters. The number of ether oxygens (including phenoxy) is 1. The van der Waals surface area contributed by atoms with Crippen molar-refractivity contribution in [2.24, 2.45) is 0 Å². The minimum atomic E-state index is -0.0594. The molecule has 0 aromatic heterocycles. The third-order valence-corrected chi connectivity index (χ3v) is 11.4. The van der Waals surface area contributed by atoms with Crippen LogP contribution in [0.5, 0.6) is 11.5 Å². The normalized spacial score (nSPS) is 12.5. The van der Waals surface area contributed by atoms with Crippen LogP contribution in [0.25, 0.3) is 76.5 Å².